The molecule has 0 saturated heterocycles. The molecule has 0 heterocycles. The molecule has 0 amide bonds. The van der Waals surface area contributed by atoms with Crippen molar-refractivity contribution in [2.75, 3.05) is 7.11 Å². The second-order valence-electron chi connectivity index (χ2n) is 3.41. The van der Waals surface area contributed by atoms with Crippen LogP contribution in [0.25, 0.3) is 0 Å². The third-order valence-electron chi connectivity index (χ3n) is 2.78. The lowest BCUT2D eigenvalue weighted by Gasteiger charge is -2.28. The van der Waals surface area contributed by atoms with E-state index in [-0.39, 0.29) is 11.3 Å². The third-order valence-corrected chi connectivity index (χ3v) is 2.78. The average Bonchev–Trinajstić information content (AvgIpc) is 2.62. The minimum atomic E-state index is -0.0261. The van der Waals surface area contributed by atoms with Gasteiger partial charge in [-0.2, -0.15) is 0 Å². The van der Waals surface area contributed by atoms with Crippen molar-refractivity contribution in [3.8, 4) is 0 Å². The molecule has 0 aromatic carbocycles. The summed E-state index contributed by atoms with van der Waals surface area (Å²) in [6, 6.07) is 0.162. The highest BCUT2D eigenvalue weighted by Crippen LogP contribution is 2.37. The first kappa shape index (κ1) is 7.28. The highest BCUT2D eigenvalue weighted by atomic mass is 16.9. The molecular formula is C8H13NO2. The second-order valence-corrected chi connectivity index (χ2v) is 3.41. The first-order valence-corrected chi connectivity index (χ1v) is 4.07. The molecule has 3 heteroatoms. The number of nitrogens with one attached hydrogen (secondary N) is 1. The van der Waals surface area contributed by atoms with Crippen LogP contribution in [0, 0.1) is 17.0 Å². The van der Waals surface area contributed by atoms with E-state index in [9.17, 15) is 5.21 Å². The monoisotopic (exact) mass is 155 g/mol. The van der Waals surface area contributed by atoms with Crippen molar-refractivity contribution in [1.82, 2.24) is 0 Å². The smallest absolute Gasteiger partial charge is 0.124 e. The summed E-state index contributed by atoms with van der Waals surface area (Å²) in [5, 5.41) is 11.1. The van der Waals surface area contributed by atoms with Crippen LogP contribution in [0.5, 0.6) is 0 Å². The van der Waals surface area contributed by atoms with E-state index >= 15 is 0 Å². The van der Waals surface area contributed by atoms with Crippen LogP contribution in [0.3, 0.4) is 0 Å². The Bertz CT molecular complexity index is 181. The van der Waals surface area contributed by atoms with Crippen LogP contribution < -0.4 is 5.23 Å². The van der Waals surface area contributed by atoms with Crippen LogP contribution in [0.2, 0.25) is 0 Å². The molecule has 4 unspecified atom stereocenters. The summed E-state index contributed by atoms with van der Waals surface area (Å²) >= 11 is 0. The number of quaternary nitrogens is 1. The van der Waals surface area contributed by atoms with E-state index in [1.807, 2.05) is 0 Å². The van der Waals surface area contributed by atoms with Gasteiger partial charge in [0.25, 0.3) is 0 Å². The standard InChI is InChI=1S/C8H13NO2/c1-11-9(10)8-5-6-2-3-7(8)4-6/h2-3,6-9H,4-5H2,1H3. The fraction of sp³-hybridized carbons (Fsp3) is 0.750. The fourth-order valence-corrected chi connectivity index (χ4v) is 2.20. The molecule has 0 aromatic rings. The normalized spacial score (nSPS) is 43.3. The fourth-order valence-electron chi connectivity index (χ4n) is 2.20. The van der Waals surface area contributed by atoms with Crippen molar-refractivity contribution in [2.45, 2.75) is 18.9 Å². The van der Waals surface area contributed by atoms with Gasteiger partial charge in [0.1, 0.15) is 6.04 Å². The molecule has 3 nitrogen and oxygen atoms in total. The number of hydrogen-bond acceptors (Lipinski definition) is 2. The molecule has 4 atom stereocenters. The lowest BCUT2D eigenvalue weighted by atomic mass is 10.0. The van der Waals surface area contributed by atoms with Crippen molar-refractivity contribution in [1.29, 1.82) is 0 Å². The number of rotatable bonds is 2. The van der Waals surface area contributed by atoms with Gasteiger partial charge in [-0.1, -0.05) is 12.2 Å². The van der Waals surface area contributed by atoms with E-state index in [1.54, 1.807) is 0 Å². The quantitative estimate of drug-likeness (QED) is 0.446. The van der Waals surface area contributed by atoms with E-state index < -0.39 is 0 Å². The Balaban J connectivity index is 2.02. The van der Waals surface area contributed by atoms with Crippen molar-refractivity contribution < 1.29 is 10.1 Å². The summed E-state index contributed by atoms with van der Waals surface area (Å²) in [6.07, 6.45) is 6.56. The molecule has 62 valence electrons. The maximum Gasteiger partial charge on any atom is 0.124 e. The van der Waals surface area contributed by atoms with Crippen LogP contribution in [0.1, 0.15) is 12.8 Å². The minimum absolute atomic E-state index is 0.0261. The molecule has 11 heavy (non-hydrogen) atoms. The summed E-state index contributed by atoms with van der Waals surface area (Å²) in [6.45, 7) is 0. The number of hydroxylamine groups is 2. The first-order valence-electron chi connectivity index (χ1n) is 4.07. The molecule has 0 radical (unpaired) electrons. The van der Waals surface area contributed by atoms with E-state index in [2.05, 4.69) is 12.2 Å². The molecular weight excluding hydrogens is 142 g/mol. The molecule has 2 aliphatic carbocycles. The van der Waals surface area contributed by atoms with Gasteiger partial charge >= 0.3 is 0 Å². The summed E-state index contributed by atoms with van der Waals surface area (Å²) in [4.78, 5) is 4.71. The van der Waals surface area contributed by atoms with Crippen molar-refractivity contribution >= 4 is 0 Å². The van der Waals surface area contributed by atoms with E-state index in [4.69, 9.17) is 4.84 Å². The van der Waals surface area contributed by atoms with Crippen molar-refractivity contribution in [2.24, 2.45) is 11.8 Å². The third kappa shape index (κ3) is 1.09. The topological polar surface area (TPSA) is 36.7 Å². The Morgan fingerprint density at radius 1 is 1.45 bits per heavy atom. The molecule has 0 spiro atoms. The van der Waals surface area contributed by atoms with Crippen molar-refractivity contribution in [3.63, 3.8) is 0 Å². The molecule has 1 saturated carbocycles. The van der Waals surface area contributed by atoms with Gasteiger partial charge in [-0.05, 0) is 12.3 Å². The van der Waals surface area contributed by atoms with Crippen LogP contribution >= 0.6 is 0 Å². The SMILES string of the molecule is CO[NH+]([O-])C1CC2C=CC1C2. The zero-order chi connectivity index (χ0) is 7.84. The van der Waals surface area contributed by atoms with Crippen LogP contribution in [0.4, 0.5) is 0 Å². The van der Waals surface area contributed by atoms with Gasteiger partial charge < -0.3 is 5.21 Å². The maximum absolute atomic E-state index is 11.1. The van der Waals surface area contributed by atoms with E-state index in [0.717, 1.165) is 6.42 Å². The minimum Gasteiger partial charge on any atom is -0.600 e. The summed E-state index contributed by atoms with van der Waals surface area (Å²) in [5.74, 6) is 1.14. The zero-order valence-corrected chi connectivity index (χ0v) is 6.62. The van der Waals surface area contributed by atoms with E-state index in [1.165, 1.54) is 13.5 Å². The predicted molar refractivity (Wildman–Crippen MR) is 40.5 cm³/mol. The summed E-state index contributed by atoms with van der Waals surface area (Å²) < 4.78 is 0. The lowest BCUT2D eigenvalue weighted by Crippen LogP contribution is -3.10. The predicted octanol–water partition coefficient (Wildman–Crippen LogP) is -0.105. The summed E-state index contributed by atoms with van der Waals surface area (Å²) in [5.41, 5.74) is 0. The number of hydrogen-bond donors (Lipinski definition) is 1. The highest BCUT2D eigenvalue weighted by molar-refractivity contribution is 5.10. The number of fused-ring (bicyclic) bond motifs is 2. The average molecular weight is 155 g/mol. The Labute approximate surface area is 66.2 Å². The molecule has 1 fully saturated rings. The highest BCUT2D eigenvalue weighted by Gasteiger charge is 2.40. The molecule has 2 rings (SSSR count). The molecule has 2 aliphatic rings. The maximum atomic E-state index is 11.1. The van der Waals surface area contributed by atoms with E-state index in [0.29, 0.717) is 11.8 Å². The lowest BCUT2D eigenvalue weighted by molar-refractivity contribution is -1.07. The Morgan fingerprint density at radius 2 is 2.27 bits per heavy atom. The Hall–Kier alpha value is -0.380. The van der Waals surface area contributed by atoms with Gasteiger partial charge in [-0.3, -0.25) is 0 Å². The van der Waals surface area contributed by atoms with Gasteiger partial charge in [0.15, 0.2) is 0 Å². The van der Waals surface area contributed by atoms with Crippen LogP contribution in [0.15, 0.2) is 12.2 Å². The zero-order valence-electron chi connectivity index (χ0n) is 6.62. The van der Waals surface area contributed by atoms with Gasteiger partial charge in [0.2, 0.25) is 0 Å². The molecule has 1 N–H and O–H groups in total. The Kier molecular flexibility index (Phi) is 1.71. The van der Waals surface area contributed by atoms with Gasteiger partial charge in [0.05, 0.1) is 7.11 Å². The van der Waals surface area contributed by atoms with Gasteiger partial charge in [-0.15, -0.1) is 0 Å². The van der Waals surface area contributed by atoms with Gasteiger partial charge in [-0.25, -0.2) is 10.1 Å². The second kappa shape index (κ2) is 2.59. The molecule has 2 bridgehead atoms. The van der Waals surface area contributed by atoms with Gasteiger partial charge in [0, 0.05) is 12.3 Å². The number of allylic oxidation sites excluding steroid dienone is 1. The Morgan fingerprint density at radius 3 is 2.73 bits per heavy atom. The molecule has 0 aromatic heterocycles. The summed E-state index contributed by atoms with van der Waals surface area (Å²) in [7, 11) is 1.47. The largest absolute Gasteiger partial charge is 0.600 e. The first-order chi connectivity index (χ1) is 5.31. The molecule has 0 aliphatic heterocycles. The van der Waals surface area contributed by atoms with Crippen LogP contribution in [-0.2, 0) is 4.84 Å². The van der Waals surface area contributed by atoms with Crippen LogP contribution in [-0.4, -0.2) is 13.2 Å². The van der Waals surface area contributed by atoms with Crippen molar-refractivity contribution in [3.05, 3.63) is 17.4 Å².